The van der Waals surface area contributed by atoms with E-state index >= 15 is 0 Å². The van der Waals surface area contributed by atoms with Crippen LogP contribution in [0.5, 0.6) is 0 Å². The SMILES string of the molecule is CN=C(NCc1cccnc1N1CCN(C)CC1)NCC1(c2ccccc2)CCC1.I. The van der Waals surface area contributed by atoms with E-state index in [1.807, 2.05) is 19.3 Å². The highest BCUT2D eigenvalue weighted by Crippen LogP contribution is 2.43. The van der Waals surface area contributed by atoms with Crippen LogP contribution in [0.15, 0.2) is 53.7 Å². The molecular weight excluding hydrogens is 499 g/mol. The molecule has 1 aromatic heterocycles. The Balaban J connectivity index is 0.00000272. The molecule has 6 nitrogen and oxygen atoms in total. The first-order chi connectivity index (χ1) is 14.7. The molecule has 4 rings (SSSR count). The number of hydrogen-bond acceptors (Lipinski definition) is 4. The van der Waals surface area contributed by atoms with Crippen LogP contribution < -0.4 is 15.5 Å². The van der Waals surface area contributed by atoms with Crippen molar-refractivity contribution in [2.24, 2.45) is 4.99 Å². The molecule has 0 atom stereocenters. The summed E-state index contributed by atoms with van der Waals surface area (Å²) in [5.41, 5.74) is 2.88. The second-order valence-corrected chi connectivity index (χ2v) is 8.56. The third-order valence-corrected chi connectivity index (χ3v) is 6.63. The van der Waals surface area contributed by atoms with Crippen molar-refractivity contribution < 1.29 is 0 Å². The van der Waals surface area contributed by atoms with Crippen LogP contribution in [-0.4, -0.2) is 62.7 Å². The van der Waals surface area contributed by atoms with Gasteiger partial charge in [-0.05, 0) is 31.5 Å². The van der Waals surface area contributed by atoms with Gasteiger partial charge in [0.2, 0.25) is 0 Å². The fourth-order valence-corrected chi connectivity index (χ4v) is 4.49. The van der Waals surface area contributed by atoms with E-state index in [9.17, 15) is 0 Å². The molecule has 0 spiro atoms. The number of nitrogens with one attached hydrogen (secondary N) is 2. The van der Waals surface area contributed by atoms with Crippen molar-refractivity contribution in [3.63, 3.8) is 0 Å². The first kappa shape index (κ1) is 23.8. The minimum absolute atomic E-state index is 0. The molecular formula is C24H35IN6. The van der Waals surface area contributed by atoms with Gasteiger partial charge in [-0.1, -0.05) is 42.8 Å². The third-order valence-electron chi connectivity index (χ3n) is 6.63. The Bertz CT molecular complexity index is 844. The van der Waals surface area contributed by atoms with Crippen molar-refractivity contribution in [3.8, 4) is 0 Å². The summed E-state index contributed by atoms with van der Waals surface area (Å²) in [4.78, 5) is 13.9. The summed E-state index contributed by atoms with van der Waals surface area (Å²) in [6.07, 6.45) is 5.66. The molecule has 2 aliphatic rings. The number of likely N-dealkylation sites (N-methyl/N-ethyl adjacent to an activating group) is 1. The molecule has 0 bridgehead atoms. The zero-order valence-electron chi connectivity index (χ0n) is 18.7. The zero-order valence-corrected chi connectivity index (χ0v) is 21.0. The predicted octanol–water partition coefficient (Wildman–Crippen LogP) is 3.24. The van der Waals surface area contributed by atoms with Crippen LogP contribution in [0.4, 0.5) is 5.82 Å². The number of guanidine groups is 1. The number of halogens is 1. The molecule has 1 aromatic carbocycles. The Kier molecular flexibility index (Phi) is 8.54. The van der Waals surface area contributed by atoms with Crippen molar-refractivity contribution in [2.45, 2.75) is 31.2 Å². The van der Waals surface area contributed by atoms with E-state index in [2.05, 4.69) is 73.9 Å². The Morgan fingerprint density at radius 2 is 1.77 bits per heavy atom. The molecule has 31 heavy (non-hydrogen) atoms. The molecule has 0 radical (unpaired) electrons. The summed E-state index contributed by atoms with van der Waals surface area (Å²) in [6, 6.07) is 15.1. The molecule has 2 N–H and O–H groups in total. The van der Waals surface area contributed by atoms with E-state index in [4.69, 9.17) is 0 Å². The van der Waals surface area contributed by atoms with E-state index in [1.54, 1.807) is 0 Å². The van der Waals surface area contributed by atoms with Gasteiger partial charge in [0, 0.05) is 63.5 Å². The first-order valence-corrected chi connectivity index (χ1v) is 11.1. The van der Waals surface area contributed by atoms with Gasteiger partial charge in [-0.3, -0.25) is 4.99 Å². The molecule has 2 heterocycles. The lowest BCUT2D eigenvalue weighted by Gasteiger charge is -2.43. The van der Waals surface area contributed by atoms with E-state index in [0.29, 0.717) is 6.54 Å². The Morgan fingerprint density at radius 1 is 1.03 bits per heavy atom. The van der Waals surface area contributed by atoms with Gasteiger partial charge < -0.3 is 20.4 Å². The smallest absolute Gasteiger partial charge is 0.191 e. The average Bonchev–Trinajstić information content (AvgIpc) is 2.76. The van der Waals surface area contributed by atoms with Crippen LogP contribution in [0.25, 0.3) is 0 Å². The number of anilines is 1. The van der Waals surface area contributed by atoms with E-state index in [0.717, 1.165) is 44.5 Å². The van der Waals surface area contributed by atoms with Crippen molar-refractivity contribution >= 4 is 35.8 Å². The summed E-state index contributed by atoms with van der Waals surface area (Å²) >= 11 is 0. The minimum Gasteiger partial charge on any atom is -0.356 e. The number of aromatic nitrogens is 1. The van der Waals surface area contributed by atoms with Crippen molar-refractivity contribution in [3.05, 3.63) is 59.8 Å². The zero-order chi connectivity index (χ0) is 20.8. The van der Waals surface area contributed by atoms with E-state index in [1.165, 1.54) is 30.4 Å². The van der Waals surface area contributed by atoms with Crippen LogP contribution in [0.2, 0.25) is 0 Å². The number of rotatable bonds is 6. The lowest BCUT2D eigenvalue weighted by molar-refractivity contribution is 0.244. The fourth-order valence-electron chi connectivity index (χ4n) is 4.49. The fraction of sp³-hybridized carbons (Fsp3) is 0.500. The Hall–Kier alpha value is -1.87. The third kappa shape index (κ3) is 5.68. The second kappa shape index (κ2) is 11.1. The second-order valence-electron chi connectivity index (χ2n) is 8.56. The Morgan fingerprint density at radius 3 is 2.42 bits per heavy atom. The highest BCUT2D eigenvalue weighted by molar-refractivity contribution is 14.0. The molecule has 1 aliphatic heterocycles. The maximum Gasteiger partial charge on any atom is 0.191 e. The number of hydrogen-bond donors (Lipinski definition) is 2. The maximum atomic E-state index is 4.69. The molecule has 1 aliphatic carbocycles. The Labute approximate surface area is 203 Å². The quantitative estimate of drug-likeness (QED) is 0.339. The highest BCUT2D eigenvalue weighted by Gasteiger charge is 2.38. The largest absolute Gasteiger partial charge is 0.356 e. The number of nitrogens with zero attached hydrogens (tertiary/aromatic N) is 4. The van der Waals surface area contributed by atoms with Crippen LogP contribution in [0, 0.1) is 0 Å². The normalized spacial score (nSPS) is 18.6. The van der Waals surface area contributed by atoms with Gasteiger partial charge in [0.25, 0.3) is 0 Å². The molecule has 1 saturated carbocycles. The van der Waals surface area contributed by atoms with Gasteiger partial charge in [-0.15, -0.1) is 24.0 Å². The van der Waals surface area contributed by atoms with Gasteiger partial charge in [0.1, 0.15) is 5.82 Å². The minimum atomic E-state index is 0. The molecule has 2 fully saturated rings. The van der Waals surface area contributed by atoms with Gasteiger partial charge in [-0.25, -0.2) is 4.98 Å². The molecule has 1 saturated heterocycles. The standard InChI is InChI=1S/C24H34N6.HI/c1-25-23(28-19-24(11-7-12-24)21-9-4-3-5-10-21)27-18-20-8-6-13-26-22(20)30-16-14-29(2)15-17-30;/h3-6,8-10,13H,7,11-12,14-19H2,1-2H3,(H2,25,27,28);1H. The van der Waals surface area contributed by atoms with Crippen molar-refractivity contribution in [1.29, 1.82) is 0 Å². The van der Waals surface area contributed by atoms with Crippen LogP contribution in [-0.2, 0) is 12.0 Å². The van der Waals surface area contributed by atoms with Gasteiger partial charge in [0.15, 0.2) is 5.96 Å². The van der Waals surface area contributed by atoms with Crippen molar-refractivity contribution in [1.82, 2.24) is 20.5 Å². The van der Waals surface area contributed by atoms with Crippen LogP contribution in [0.1, 0.15) is 30.4 Å². The molecule has 2 aromatic rings. The van der Waals surface area contributed by atoms with Crippen LogP contribution >= 0.6 is 24.0 Å². The van der Waals surface area contributed by atoms with Gasteiger partial charge in [-0.2, -0.15) is 0 Å². The molecule has 7 heteroatoms. The lowest BCUT2D eigenvalue weighted by Crippen LogP contribution is -2.49. The highest BCUT2D eigenvalue weighted by atomic mass is 127. The molecule has 168 valence electrons. The number of benzene rings is 1. The van der Waals surface area contributed by atoms with E-state index < -0.39 is 0 Å². The predicted molar refractivity (Wildman–Crippen MR) is 140 cm³/mol. The average molecular weight is 534 g/mol. The lowest BCUT2D eigenvalue weighted by atomic mass is 9.64. The molecule has 0 unspecified atom stereocenters. The van der Waals surface area contributed by atoms with Gasteiger partial charge in [0.05, 0.1) is 0 Å². The topological polar surface area (TPSA) is 55.8 Å². The summed E-state index contributed by atoms with van der Waals surface area (Å²) < 4.78 is 0. The summed E-state index contributed by atoms with van der Waals surface area (Å²) in [7, 11) is 4.02. The maximum absolute atomic E-state index is 4.69. The molecule has 0 amide bonds. The monoisotopic (exact) mass is 534 g/mol. The first-order valence-electron chi connectivity index (χ1n) is 11.1. The van der Waals surface area contributed by atoms with Crippen LogP contribution in [0.3, 0.4) is 0 Å². The van der Waals surface area contributed by atoms with Gasteiger partial charge >= 0.3 is 0 Å². The number of pyridine rings is 1. The number of aliphatic imine (C=N–C) groups is 1. The van der Waals surface area contributed by atoms with E-state index in [-0.39, 0.29) is 29.4 Å². The van der Waals surface area contributed by atoms with Crippen molar-refractivity contribution in [2.75, 3.05) is 51.7 Å². The summed E-state index contributed by atoms with van der Waals surface area (Å²) in [6.45, 7) is 5.82. The number of piperazine rings is 1. The summed E-state index contributed by atoms with van der Waals surface area (Å²) in [5, 5.41) is 7.09. The summed E-state index contributed by atoms with van der Waals surface area (Å²) in [5.74, 6) is 1.94.